The van der Waals surface area contributed by atoms with Crippen molar-refractivity contribution in [2.45, 2.75) is 20.0 Å². The smallest absolute Gasteiger partial charge is 0.165 e. The van der Waals surface area contributed by atoms with Gasteiger partial charge in [-0.25, -0.2) is 0 Å². The number of nitrogens with two attached hydrogens (primary N) is 1. The van der Waals surface area contributed by atoms with Crippen LogP contribution in [0.25, 0.3) is 11.3 Å². The van der Waals surface area contributed by atoms with Crippen LogP contribution in [0.2, 0.25) is 0 Å². The largest absolute Gasteiger partial charge is 0.491 e. The Morgan fingerprint density at radius 2 is 1.88 bits per heavy atom. The summed E-state index contributed by atoms with van der Waals surface area (Å²) in [7, 11) is 0. The van der Waals surface area contributed by atoms with Gasteiger partial charge in [-0.05, 0) is 38.1 Å². The summed E-state index contributed by atoms with van der Waals surface area (Å²) in [5.74, 6) is 1.32. The number of nitrogens with zero attached hydrogens (tertiary/aromatic N) is 2. The molecule has 0 spiro atoms. The first-order valence-electron chi connectivity index (χ1n) is 5.02. The topological polar surface area (TPSA) is 61.0 Å². The van der Waals surface area contributed by atoms with Crippen molar-refractivity contribution in [3.63, 3.8) is 0 Å². The van der Waals surface area contributed by atoms with Crippen LogP contribution in [0.5, 0.6) is 5.75 Å². The molecule has 84 valence electrons. The maximum atomic E-state index is 5.70. The highest BCUT2D eigenvalue weighted by atomic mass is 32.1. The van der Waals surface area contributed by atoms with Gasteiger partial charge in [0.05, 0.1) is 17.8 Å². The van der Waals surface area contributed by atoms with Crippen molar-refractivity contribution in [3.8, 4) is 17.0 Å². The Morgan fingerprint density at radius 1 is 1.19 bits per heavy atom. The molecule has 2 N–H and O–H groups in total. The molecule has 2 aromatic rings. The van der Waals surface area contributed by atoms with Crippen LogP contribution in [0.3, 0.4) is 0 Å². The van der Waals surface area contributed by atoms with Gasteiger partial charge in [0.1, 0.15) is 11.4 Å². The van der Waals surface area contributed by atoms with Gasteiger partial charge in [0.15, 0.2) is 5.82 Å². The van der Waals surface area contributed by atoms with Gasteiger partial charge in [0.2, 0.25) is 0 Å². The molecule has 0 amide bonds. The number of hydrogen-bond donors (Lipinski definition) is 1. The molecule has 0 radical (unpaired) electrons. The van der Waals surface area contributed by atoms with Crippen LogP contribution in [-0.2, 0) is 0 Å². The molecule has 1 heterocycles. The minimum absolute atomic E-state index is 0.178. The second kappa shape index (κ2) is 4.49. The monoisotopic (exact) mass is 235 g/mol. The molecule has 2 rings (SSSR count). The van der Waals surface area contributed by atoms with Crippen molar-refractivity contribution in [1.82, 2.24) is 8.75 Å². The molecule has 4 nitrogen and oxygen atoms in total. The Hall–Kier alpha value is -1.62. The van der Waals surface area contributed by atoms with Crippen LogP contribution in [-0.4, -0.2) is 14.9 Å². The minimum atomic E-state index is 0.178. The number of anilines is 1. The predicted octanol–water partition coefficient (Wildman–Crippen LogP) is 2.57. The van der Waals surface area contributed by atoms with Gasteiger partial charge in [-0.2, -0.15) is 8.75 Å². The quantitative estimate of drug-likeness (QED) is 0.888. The molecule has 1 aromatic heterocycles. The zero-order valence-electron chi connectivity index (χ0n) is 9.18. The third kappa shape index (κ3) is 2.30. The van der Waals surface area contributed by atoms with E-state index in [2.05, 4.69) is 8.75 Å². The number of benzene rings is 1. The van der Waals surface area contributed by atoms with Gasteiger partial charge < -0.3 is 10.5 Å². The van der Waals surface area contributed by atoms with Crippen molar-refractivity contribution in [1.29, 1.82) is 0 Å². The van der Waals surface area contributed by atoms with E-state index >= 15 is 0 Å². The third-order valence-corrected chi connectivity index (χ3v) is 2.56. The zero-order valence-corrected chi connectivity index (χ0v) is 9.99. The first kappa shape index (κ1) is 10.9. The average Bonchev–Trinajstić information content (AvgIpc) is 2.65. The number of aromatic nitrogens is 2. The van der Waals surface area contributed by atoms with Crippen LogP contribution in [0.4, 0.5) is 5.82 Å². The fourth-order valence-electron chi connectivity index (χ4n) is 1.36. The molecule has 0 saturated carbocycles. The van der Waals surface area contributed by atoms with Crippen LogP contribution in [0.1, 0.15) is 13.8 Å². The molecule has 0 saturated heterocycles. The number of rotatable bonds is 3. The molecule has 5 heteroatoms. The van der Waals surface area contributed by atoms with E-state index in [-0.39, 0.29) is 6.10 Å². The molecule has 0 aliphatic carbocycles. The maximum absolute atomic E-state index is 5.70. The fraction of sp³-hybridized carbons (Fsp3) is 0.273. The highest BCUT2D eigenvalue weighted by molar-refractivity contribution is 6.99. The minimum Gasteiger partial charge on any atom is -0.491 e. The summed E-state index contributed by atoms with van der Waals surface area (Å²) in [5.41, 5.74) is 7.39. The van der Waals surface area contributed by atoms with E-state index in [0.717, 1.165) is 28.7 Å². The molecule has 0 unspecified atom stereocenters. The van der Waals surface area contributed by atoms with Gasteiger partial charge in [-0.3, -0.25) is 0 Å². The SMILES string of the molecule is CC(C)Oc1ccc(-c2nsnc2N)cc1. The summed E-state index contributed by atoms with van der Waals surface area (Å²) in [6, 6.07) is 7.69. The van der Waals surface area contributed by atoms with Gasteiger partial charge in [-0.15, -0.1) is 0 Å². The third-order valence-electron chi connectivity index (χ3n) is 2.01. The van der Waals surface area contributed by atoms with Gasteiger partial charge in [0.25, 0.3) is 0 Å². The average molecular weight is 235 g/mol. The molecule has 0 atom stereocenters. The zero-order chi connectivity index (χ0) is 11.5. The van der Waals surface area contributed by atoms with E-state index < -0.39 is 0 Å². The second-order valence-corrected chi connectivity index (χ2v) is 4.22. The van der Waals surface area contributed by atoms with Gasteiger partial charge >= 0.3 is 0 Å². The van der Waals surface area contributed by atoms with E-state index in [1.165, 1.54) is 0 Å². The van der Waals surface area contributed by atoms with Gasteiger partial charge in [0, 0.05) is 5.56 Å². The maximum Gasteiger partial charge on any atom is 0.165 e. The normalized spacial score (nSPS) is 10.7. The fourth-order valence-corrected chi connectivity index (χ4v) is 1.86. The first-order valence-corrected chi connectivity index (χ1v) is 5.75. The summed E-state index contributed by atoms with van der Waals surface area (Å²) >= 11 is 1.12. The highest BCUT2D eigenvalue weighted by Crippen LogP contribution is 2.25. The molecule has 0 aliphatic heterocycles. The van der Waals surface area contributed by atoms with Crippen LogP contribution in [0, 0.1) is 0 Å². The van der Waals surface area contributed by atoms with Gasteiger partial charge in [-0.1, -0.05) is 0 Å². The van der Waals surface area contributed by atoms with E-state index in [1.54, 1.807) is 0 Å². The highest BCUT2D eigenvalue weighted by Gasteiger charge is 2.07. The van der Waals surface area contributed by atoms with Crippen molar-refractivity contribution in [2.24, 2.45) is 0 Å². The number of nitrogen functional groups attached to an aromatic ring is 1. The lowest BCUT2D eigenvalue weighted by atomic mass is 10.1. The number of hydrogen-bond acceptors (Lipinski definition) is 5. The summed E-state index contributed by atoms with van der Waals surface area (Å²) in [6.07, 6.45) is 0.178. The Balaban J connectivity index is 2.23. The van der Waals surface area contributed by atoms with Crippen LogP contribution < -0.4 is 10.5 Å². The lowest BCUT2D eigenvalue weighted by molar-refractivity contribution is 0.242. The van der Waals surface area contributed by atoms with E-state index in [0.29, 0.717) is 5.82 Å². The Labute approximate surface area is 98.4 Å². The molecule has 1 aromatic carbocycles. The summed E-state index contributed by atoms with van der Waals surface area (Å²) in [5, 5.41) is 0. The summed E-state index contributed by atoms with van der Waals surface area (Å²) in [4.78, 5) is 0. The molecular weight excluding hydrogens is 222 g/mol. The van der Waals surface area contributed by atoms with Crippen molar-refractivity contribution in [2.75, 3.05) is 5.73 Å². The molecule has 16 heavy (non-hydrogen) atoms. The van der Waals surface area contributed by atoms with Crippen molar-refractivity contribution in [3.05, 3.63) is 24.3 Å². The van der Waals surface area contributed by atoms with Crippen LogP contribution >= 0.6 is 11.7 Å². The van der Waals surface area contributed by atoms with E-state index in [1.807, 2.05) is 38.1 Å². The van der Waals surface area contributed by atoms with Crippen molar-refractivity contribution >= 4 is 17.5 Å². The predicted molar refractivity (Wildman–Crippen MR) is 65.5 cm³/mol. The molecular formula is C11H13N3OS. The molecule has 0 bridgehead atoms. The molecule has 0 fully saturated rings. The van der Waals surface area contributed by atoms with E-state index in [4.69, 9.17) is 10.5 Å². The summed E-state index contributed by atoms with van der Waals surface area (Å²) in [6.45, 7) is 3.99. The van der Waals surface area contributed by atoms with Crippen LogP contribution in [0.15, 0.2) is 24.3 Å². The second-order valence-electron chi connectivity index (χ2n) is 3.69. The van der Waals surface area contributed by atoms with E-state index in [9.17, 15) is 0 Å². The standard InChI is InChI=1S/C11H13N3OS/c1-7(2)15-9-5-3-8(4-6-9)10-11(12)14-16-13-10/h3-7H,1-2H3,(H2,12,14). The first-order chi connectivity index (χ1) is 7.66. The lowest BCUT2D eigenvalue weighted by Crippen LogP contribution is -2.05. The molecule has 0 aliphatic rings. The summed E-state index contributed by atoms with van der Waals surface area (Å²) < 4.78 is 13.6. The van der Waals surface area contributed by atoms with Crippen molar-refractivity contribution < 1.29 is 4.74 Å². The number of ether oxygens (including phenoxy) is 1. The Bertz CT molecular complexity index is 464. The lowest BCUT2D eigenvalue weighted by Gasteiger charge is -2.09. The Kier molecular flexibility index (Phi) is 3.05. The Morgan fingerprint density at radius 3 is 2.38 bits per heavy atom.